The van der Waals surface area contributed by atoms with Gasteiger partial charge in [0.2, 0.25) is 26.0 Å². The second-order valence-corrected chi connectivity index (χ2v) is 13.6. The minimum atomic E-state index is -3.52. The lowest BCUT2D eigenvalue weighted by molar-refractivity contribution is -0.126. The second kappa shape index (κ2) is 12.1. The molecule has 0 aliphatic carbocycles. The third-order valence-corrected chi connectivity index (χ3v) is 10.8. The first-order chi connectivity index (χ1) is 17.7. The first-order valence-corrected chi connectivity index (χ1v) is 15.8. The van der Waals surface area contributed by atoms with E-state index in [0.29, 0.717) is 42.3 Å². The Morgan fingerprint density at radius 2 is 1.57 bits per heavy atom. The lowest BCUT2D eigenvalue weighted by Crippen LogP contribution is -2.44. The van der Waals surface area contributed by atoms with Crippen molar-refractivity contribution in [1.82, 2.24) is 13.9 Å². The van der Waals surface area contributed by atoms with Crippen LogP contribution >= 0.6 is 11.6 Å². The summed E-state index contributed by atoms with van der Waals surface area (Å²) >= 11 is 6.11. The van der Waals surface area contributed by atoms with Crippen LogP contribution in [0.5, 0.6) is 5.75 Å². The summed E-state index contributed by atoms with van der Waals surface area (Å²) in [4.78, 5) is 12.8. The lowest BCUT2D eigenvalue weighted by Gasteiger charge is -2.30. The van der Waals surface area contributed by atoms with E-state index < -0.39 is 20.0 Å². The average Bonchev–Trinajstić information content (AvgIpc) is 3.44. The van der Waals surface area contributed by atoms with Gasteiger partial charge in [0.1, 0.15) is 12.4 Å². The molecule has 0 atom stereocenters. The SMILES string of the molecule is O=C(NCCOc1ccc(S(=O)(=O)N2CCCC2)cc1)C1CCN(S(=O)(=O)Cc2ccccc2Cl)CC1. The standard InChI is InChI=1S/C25H32ClN3O6S2/c26-24-6-2-1-5-21(24)19-36(31,32)28-16-11-20(12-17-28)25(30)27-13-18-35-22-7-9-23(10-8-22)37(33,34)29-14-3-4-15-29/h1-2,5-10,20H,3-4,11-19H2,(H,27,30). The quantitative estimate of drug-likeness (QED) is 0.440. The van der Waals surface area contributed by atoms with Crippen LogP contribution in [0, 0.1) is 5.92 Å². The molecule has 2 aliphatic heterocycles. The first kappa shape index (κ1) is 27.8. The number of amides is 1. The lowest BCUT2D eigenvalue weighted by atomic mass is 9.97. The Hall–Kier alpha value is -2.18. The molecule has 9 nitrogen and oxygen atoms in total. The molecule has 2 aromatic rings. The van der Waals surface area contributed by atoms with Gasteiger partial charge >= 0.3 is 0 Å². The second-order valence-electron chi connectivity index (χ2n) is 9.24. The summed E-state index contributed by atoms with van der Waals surface area (Å²) in [6, 6.07) is 13.2. The van der Waals surface area contributed by atoms with Crippen LogP contribution in [0.1, 0.15) is 31.2 Å². The maximum absolute atomic E-state index is 12.8. The van der Waals surface area contributed by atoms with Crippen LogP contribution in [0.15, 0.2) is 53.4 Å². The summed E-state index contributed by atoms with van der Waals surface area (Å²) in [6.07, 6.45) is 2.66. The molecule has 0 bridgehead atoms. The monoisotopic (exact) mass is 569 g/mol. The fourth-order valence-corrected chi connectivity index (χ4v) is 7.97. The number of halogens is 1. The molecule has 37 heavy (non-hydrogen) atoms. The number of piperidine rings is 1. The zero-order chi connectivity index (χ0) is 26.5. The van der Waals surface area contributed by atoms with E-state index in [2.05, 4.69) is 5.32 Å². The van der Waals surface area contributed by atoms with Crippen molar-refractivity contribution in [3.05, 3.63) is 59.1 Å². The number of benzene rings is 2. The molecular formula is C25H32ClN3O6S2. The minimum absolute atomic E-state index is 0.126. The van der Waals surface area contributed by atoms with Crippen LogP contribution in [0.3, 0.4) is 0 Å². The van der Waals surface area contributed by atoms with E-state index in [0.717, 1.165) is 12.8 Å². The topological polar surface area (TPSA) is 113 Å². The van der Waals surface area contributed by atoms with Gasteiger partial charge in [-0.15, -0.1) is 0 Å². The maximum Gasteiger partial charge on any atom is 0.243 e. The van der Waals surface area contributed by atoms with Gasteiger partial charge < -0.3 is 10.1 Å². The molecule has 2 aromatic carbocycles. The van der Waals surface area contributed by atoms with Crippen molar-refractivity contribution < 1.29 is 26.4 Å². The van der Waals surface area contributed by atoms with Crippen molar-refractivity contribution in [2.75, 3.05) is 39.3 Å². The van der Waals surface area contributed by atoms with Crippen molar-refractivity contribution in [2.24, 2.45) is 5.92 Å². The van der Waals surface area contributed by atoms with Crippen LogP contribution < -0.4 is 10.1 Å². The largest absolute Gasteiger partial charge is 0.492 e. The van der Waals surface area contributed by atoms with Crippen LogP contribution in [0.2, 0.25) is 5.02 Å². The smallest absolute Gasteiger partial charge is 0.243 e. The molecule has 0 radical (unpaired) electrons. The summed E-state index contributed by atoms with van der Waals surface area (Å²) in [5.74, 6) is -0.0289. The summed E-state index contributed by atoms with van der Waals surface area (Å²) in [5.41, 5.74) is 0.562. The Kier molecular flexibility index (Phi) is 9.12. The Labute approximate surface area is 223 Å². The van der Waals surface area contributed by atoms with Gasteiger partial charge in [-0.25, -0.2) is 21.1 Å². The van der Waals surface area contributed by atoms with Gasteiger partial charge in [-0.1, -0.05) is 29.8 Å². The highest BCUT2D eigenvalue weighted by Crippen LogP contribution is 2.25. The van der Waals surface area contributed by atoms with Crippen molar-refractivity contribution >= 4 is 37.6 Å². The Morgan fingerprint density at radius 1 is 0.919 bits per heavy atom. The summed E-state index contributed by atoms with van der Waals surface area (Å²) in [6.45, 7) is 2.20. The van der Waals surface area contributed by atoms with Gasteiger partial charge in [-0.05, 0) is 61.6 Å². The number of nitrogens with zero attached hydrogens (tertiary/aromatic N) is 2. The van der Waals surface area contributed by atoms with E-state index in [4.69, 9.17) is 16.3 Å². The normalized spacial score (nSPS) is 18.1. The van der Waals surface area contributed by atoms with Crippen molar-refractivity contribution in [3.8, 4) is 5.75 Å². The predicted molar refractivity (Wildman–Crippen MR) is 141 cm³/mol. The van der Waals surface area contributed by atoms with Gasteiger partial charge in [0.15, 0.2) is 0 Å². The summed E-state index contributed by atoms with van der Waals surface area (Å²) in [5, 5.41) is 3.27. The van der Waals surface area contributed by atoms with Crippen molar-refractivity contribution in [1.29, 1.82) is 0 Å². The molecule has 2 fully saturated rings. The third kappa shape index (κ3) is 7.02. The zero-order valence-corrected chi connectivity index (χ0v) is 22.9. The number of ether oxygens (including phenoxy) is 1. The third-order valence-electron chi connectivity index (χ3n) is 6.71. The maximum atomic E-state index is 12.8. The highest BCUT2D eigenvalue weighted by Gasteiger charge is 2.31. The predicted octanol–water partition coefficient (Wildman–Crippen LogP) is 2.86. The fraction of sp³-hybridized carbons (Fsp3) is 0.480. The van der Waals surface area contributed by atoms with Gasteiger partial charge in [0.05, 0.1) is 17.2 Å². The molecule has 2 heterocycles. The molecule has 0 saturated carbocycles. The van der Waals surface area contributed by atoms with Crippen LogP contribution in [-0.4, -0.2) is 70.7 Å². The van der Waals surface area contributed by atoms with Crippen LogP contribution in [0.25, 0.3) is 0 Å². The van der Waals surface area contributed by atoms with Crippen molar-refractivity contribution in [2.45, 2.75) is 36.3 Å². The van der Waals surface area contributed by atoms with Gasteiger partial charge in [-0.3, -0.25) is 4.79 Å². The molecule has 2 aliphatic rings. The molecule has 202 valence electrons. The molecule has 0 unspecified atom stereocenters. The molecule has 4 rings (SSSR count). The van der Waals surface area contributed by atoms with E-state index in [1.807, 2.05) is 0 Å². The Bertz CT molecular complexity index is 1290. The molecular weight excluding hydrogens is 538 g/mol. The molecule has 12 heteroatoms. The highest BCUT2D eigenvalue weighted by atomic mass is 35.5. The van der Waals surface area contributed by atoms with Crippen LogP contribution in [-0.2, 0) is 30.6 Å². The van der Waals surface area contributed by atoms with E-state index in [9.17, 15) is 21.6 Å². The molecule has 1 N–H and O–H groups in total. The summed E-state index contributed by atoms with van der Waals surface area (Å²) in [7, 11) is -6.98. The van der Waals surface area contributed by atoms with Gasteiger partial charge in [-0.2, -0.15) is 4.31 Å². The number of rotatable bonds is 10. The zero-order valence-electron chi connectivity index (χ0n) is 20.5. The number of hydrogen-bond donors (Lipinski definition) is 1. The summed E-state index contributed by atoms with van der Waals surface area (Å²) < 4.78 is 59.3. The van der Waals surface area contributed by atoms with Gasteiger partial charge in [0, 0.05) is 37.1 Å². The Morgan fingerprint density at radius 3 is 2.22 bits per heavy atom. The molecule has 0 spiro atoms. The number of carbonyl (C=O) groups is 1. The number of sulfonamides is 2. The Balaban J connectivity index is 1.18. The minimum Gasteiger partial charge on any atom is -0.492 e. The first-order valence-electron chi connectivity index (χ1n) is 12.4. The number of nitrogens with one attached hydrogen (secondary N) is 1. The van der Waals surface area contributed by atoms with Crippen LogP contribution in [0.4, 0.5) is 0 Å². The number of hydrogen-bond acceptors (Lipinski definition) is 6. The van der Waals surface area contributed by atoms with E-state index in [1.165, 1.54) is 20.7 Å². The van der Waals surface area contributed by atoms with Crippen molar-refractivity contribution in [3.63, 3.8) is 0 Å². The molecule has 2 saturated heterocycles. The molecule has 1 amide bonds. The van der Waals surface area contributed by atoms with Gasteiger partial charge in [0.25, 0.3) is 0 Å². The van der Waals surface area contributed by atoms with E-state index >= 15 is 0 Å². The molecule has 0 aromatic heterocycles. The average molecular weight is 570 g/mol. The number of carbonyl (C=O) groups excluding carboxylic acids is 1. The highest BCUT2D eigenvalue weighted by molar-refractivity contribution is 7.89. The fourth-order valence-electron chi connectivity index (χ4n) is 4.57. The van der Waals surface area contributed by atoms with E-state index in [-0.39, 0.29) is 48.7 Å². The van der Waals surface area contributed by atoms with E-state index in [1.54, 1.807) is 36.4 Å².